The number of hydrogen-bond acceptors (Lipinski definition) is 3. The first-order valence-corrected chi connectivity index (χ1v) is 6.29. The maximum absolute atomic E-state index is 11.2. The van der Waals surface area contributed by atoms with Crippen LogP contribution in [0.2, 0.25) is 0 Å². The van der Waals surface area contributed by atoms with Crippen LogP contribution in [0.4, 0.5) is 5.69 Å². The molecule has 0 aliphatic carbocycles. The van der Waals surface area contributed by atoms with Crippen molar-refractivity contribution in [2.75, 3.05) is 11.4 Å². The van der Waals surface area contributed by atoms with Crippen molar-refractivity contribution >= 4 is 11.6 Å². The number of para-hydroxylation sites is 1. The summed E-state index contributed by atoms with van der Waals surface area (Å²) in [5.41, 5.74) is 7.00. The van der Waals surface area contributed by atoms with Crippen LogP contribution in [0.15, 0.2) is 24.3 Å². The van der Waals surface area contributed by atoms with Gasteiger partial charge in [0.25, 0.3) is 0 Å². The Balaban J connectivity index is 3.15. The molecule has 0 radical (unpaired) electrons. The van der Waals surface area contributed by atoms with E-state index < -0.39 is 6.10 Å². The van der Waals surface area contributed by atoms with Gasteiger partial charge in [-0.05, 0) is 26.3 Å². The summed E-state index contributed by atoms with van der Waals surface area (Å²) in [5.74, 6) is -0.371. The van der Waals surface area contributed by atoms with E-state index in [1.807, 2.05) is 49.9 Å². The third kappa shape index (κ3) is 3.47. The van der Waals surface area contributed by atoms with E-state index in [9.17, 15) is 9.90 Å². The topological polar surface area (TPSA) is 66.6 Å². The zero-order chi connectivity index (χ0) is 13.7. The van der Waals surface area contributed by atoms with E-state index in [0.29, 0.717) is 6.42 Å². The molecule has 1 amide bonds. The molecule has 3 N–H and O–H groups in total. The molecule has 0 bridgehead atoms. The van der Waals surface area contributed by atoms with Crippen LogP contribution >= 0.6 is 0 Å². The van der Waals surface area contributed by atoms with Crippen LogP contribution in [0.1, 0.15) is 38.9 Å². The third-order valence-corrected chi connectivity index (χ3v) is 2.94. The van der Waals surface area contributed by atoms with Crippen LogP contribution in [-0.2, 0) is 4.79 Å². The van der Waals surface area contributed by atoms with Crippen LogP contribution in [0, 0.1) is 0 Å². The summed E-state index contributed by atoms with van der Waals surface area (Å²) < 4.78 is 0. The lowest BCUT2D eigenvalue weighted by Gasteiger charge is -2.30. The Bertz CT molecular complexity index is 405. The number of benzene rings is 1. The predicted molar refractivity (Wildman–Crippen MR) is 73.4 cm³/mol. The van der Waals surface area contributed by atoms with E-state index in [0.717, 1.165) is 11.3 Å². The lowest BCUT2D eigenvalue weighted by Crippen LogP contribution is -2.39. The molecule has 1 rings (SSSR count). The molecule has 100 valence electrons. The van der Waals surface area contributed by atoms with Crippen LogP contribution in [0.3, 0.4) is 0 Å². The number of amides is 1. The summed E-state index contributed by atoms with van der Waals surface area (Å²) in [5, 5.41) is 10.0. The van der Waals surface area contributed by atoms with Crippen molar-refractivity contribution in [1.29, 1.82) is 0 Å². The maximum Gasteiger partial charge on any atom is 0.236 e. The van der Waals surface area contributed by atoms with Crippen LogP contribution in [0.25, 0.3) is 0 Å². The fourth-order valence-electron chi connectivity index (χ4n) is 1.96. The number of carbonyl (C=O) groups is 1. The molecule has 0 spiro atoms. The Labute approximate surface area is 108 Å². The highest BCUT2D eigenvalue weighted by molar-refractivity contribution is 5.80. The number of rotatable bonds is 6. The summed E-state index contributed by atoms with van der Waals surface area (Å²) in [6.07, 6.45) is 0.120. The van der Waals surface area contributed by atoms with Crippen LogP contribution in [0.5, 0.6) is 0 Å². The molecule has 4 heteroatoms. The molecule has 0 saturated heterocycles. The van der Waals surface area contributed by atoms with E-state index in [-0.39, 0.29) is 18.5 Å². The molecule has 1 aromatic carbocycles. The number of nitrogens with zero attached hydrogens (tertiary/aromatic N) is 1. The van der Waals surface area contributed by atoms with Gasteiger partial charge in [0.1, 0.15) is 0 Å². The Morgan fingerprint density at radius 1 is 1.39 bits per heavy atom. The predicted octanol–water partition coefficient (Wildman–Crippen LogP) is 1.83. The number of nitrogens with two attached hydrogens (primary N) is 1. The van der Waals surface area contributed by atoms with Crippen molar-refractivity contribution in [1.82, 2.24) is 0 Å². The Morgan fingerprint density at radius 3 is 2.50 bits per heavy atom. The van der Waals surface area contributed by atoms with E-state index in [1.54, 1.807) is 0 Å². The maximum atomic E-state index is 11.2. The molecular formula is C14H22N2O2. The average Bonchev–Trinajstić information content (AvgIpc) is 2.34. The second kappa shape index (κ2) is 6.40. The number of aliphatic hydroxyl groups is 1. The zero-order valence-corrected chi connectivity index (χ0v) is 11.3. The highest BCUT2D eigenvalue weighted by Gasteiger charge is 2.19. The standard InChI is InChI=1S/C14H22N2O2/c1-4-13(17)11-7-5-6-8-12(11)16(10(2)3)9-14(15)18/h5-8,10,13,17H,4,9H2,1-3H3,(H2,15,18)/t13-/m1/s1. The first kappa shape index (κ1) is 14.5. The van der Waals surface area contributed by atoms with Gasteiger partial charge in [-0.1, -0.05) is 25.1 Å². The van der Waals surface area contributed by atoms with Gasteiger partial charge in [0, 0.05) is 17.3 Å². The molecule has 0 fully saturated rings. The molecule has 0 saturated carbocycles. The highest BCUT2D eigenvalue weighted by Crippen LogP contribution is 2.29. The summed E-state index contributed by atoms with van der Waals surface area (Å²) >= 11 is 0. The fraction of sp³-hybridized carbons (Fsp3) is 0.500. The number of aliphatic hydroxyl groups excluding tert-OH is 1. The summed E-state index contributed by atoms with van der Waals surface area (Å²) in [6, 6.07) is 7.73. The van der Waals surface area contributed by atoms with Crippen molar-refractivity contribution < 1.29 is 9.90 Å². The second-order valence-electron chi connectivity index (χ2n) is 4.67. The first-order valence-electron chi connectivity index (χ1n) is 6.29. The van der Waals surface area contributed by atoms with Crippen molar-refractivity contribution in [3.63, 3.8) is 0 Å². The normalized spacial score (nSPS) is 12.5. The smallest absolute Gasteiger partial charge is 0.236 e. The number of hydrogen-bond donors (Lipinski definition) is 2. The second-order valence-corrected chi connectivity index (χ2v) is 4.67. The fourth-order valence-corrected chi connectivity index (χ4v) is 1.96. The van der Waals surface area contributed by atoms with E-state index >= 15 is 0 Å². The van der Waals surface area contributed by atoms with E-state index in [2.05, 4.69) is 0 Å². The molecule has 0 aliphatic rings. The van der Waals surface area contributed by atoms with E-state index in [4.69, 9.17) is 5.73 Å². The van der Waals surface area contributed by atoms with Crippen LogP contribution in [-0.4, -0.2) is 23.6 Å². The summed E-state index contributed by atoms with van der Waals surface area (Å²) in [4.78, 5) is 13.1. The lowest BCUT2D eigenvalue weighted by molar-refractivity contribution is -0.116. The quantitative estimate of drug-likeness (QED) is 0.809. The highest BCUT2D eigenvalue weighted by atomic mass is 16.3. The van der Waals surface area contributed by atoms with Crippen molar-refractivity contribution in [2.45, 2.75) is 39.3 Å². The van der Waals surface area contributed by atoms with Gasteiger partial charge in [0.2, 0.25) is 5.91 Å². The Morgan fingerprint density at radius 2 is 2.00 bits per heavy atom. The molecular weight excluding hydrogens is 228 g/mol. The minimum Gasteiger partial charge on any atom is -0.388 e. The number of carbonyl (C=O) groups excluding carboxylic acids is 1. The van der Waals surface area contributed by atoms with Crippen molar-refractivity contribution in [3.8, 4) is 0 Å². The lowest BCUT2D eigenvalue weighted by atomic mass is 10.0. The zero-order valence-electron chi connectivity index (χ0n) is 11.3. The molecule has 4 nitrogen and oxygen atoms in total. The summed E-state index contributed by atoms with van der Waals surface area (Å²) in [6.45, 7) is 6.08. The van der Waals surface area contributed by atoms with Gasteiger partial charge >= 0.3 is 0 Å². The molecule has 0 unspecified atom stereocenters. The third-order valence-electron chi connectivity index (χ3n) is 2.94. The van der Waals surface area contributed by atoms with Gasteiger partial charge in [-0.25, -0.2) is 0 Å². The van der Waals surface area contributed by atoms with Crippen molar-refractivity contribution in [3.05, 3.63) is 29.8 Å². The molecule has 18 heavy (non-hydrogen) atoms. The van der Waals surface area contributed by atoms with Gasteiger partial charge < -0.3 is 15.7 Å². The minimum atomic E-state index is -0.518. The van der Waals surface area contributed by atoms with E-state index in [1.165, 1.54) is 0 Å². The summed E-state index contributed by atoms with van der Waals surface area (Å²) in [7, 11) is 0. The molecule has 1 aromatic rings. The minimum absolute atomic E-state index is 0.141. The van der Waals surface area contributed by atoms with Gasteiger partial charge in [-0.15, -0.1) is 0 Å². The SMILES string of the molecule is CC[C@@H](O)c1ccccc1N(CC(N)=O)C(C)C. The number of anilines is 1. The molecule has 0 heterocycles. The molecule has 0 aliphatic heterocycles. The van der Waals surface area contributed by atoms with Gasteiger partial charge in [-0.2, -0.15) is 0 Å². The Kier molecular flexibility index (Phi) is 5.16. The van der Waals surface area contributed by atoms with Crippen molar-refractivity contribution in [2.24, 2.45) is 5.73 Å². The number of primary amides is 1. The Hall–Kier alpha value is -1.55. The van der Waals surface area contributed by atoms with Gasteiger partial charge in [0.05, 0.1) is 12.6 Å². The monoisotopic (exact) mass is 250 g/mol. The van der Waals surface area contributed by atoms with Crippen LogP contribution < -0.4 is 10.6 Å². The van der Waals surface area contributed by atoms with Gasteiger partial charge in [-0.3, -0.25) is 4.79 Å². The first-order chi connectivity index (χ1) is 8.47. The van der Waals surface area contributed by atoms with Gasteiger partial charge in [0.15, 0.2) is 0 Å². The molecule has 1 atom stereocenters. The average molecular weight is 250 g/mol. The largest absolute Gasteiger partial charge is 0.388 e. The molecule has 0 aromatic heterocycles.